The van der Waals surface area contributed by atoms with E-state index in [-0.39, 0.29) is 18.1 Å². The van der Waals surface area contributed by atoms with E-state index in [2.05, 4.69) is 0 Å². The van der Waals surface area contributed by atoms with E-state index in [0.29, 0.717) is 16.7 Å². The number of nitrogens with zero attached hydrogens (tertiary/aromatic N) is 1. The molecule has 6 nitrogen and oxygen atoms in total. The fraction of sp³-hybridized carbons (Fsp3) is 0.136. The van der Waals surface area contributed by atoms with Crippen LogP contribution in [0.1, 0.15) is 15.9 Å². The Morgan fingerprint density at radius 3 is 2.50 bits per heavy atom. The molecule has 0 aliphatic carbocycles. The number of para-hydroxylation sites is 1. The molecule has 0 radical (unpaired) electrons. The number of hydrogen-bond donors (Lipinski definition) is 0. The number of fused-ring (bicyclic) bond motifs is 1. The van der Waals surface area contributed by atoms with Crippen molar-refractivity contribution in [1.82, 2.24) is 4.90 Å². The minimum atomic E-state index is -0.664. The first-order chi connectivity index (χ1) is 13.4. The summed E-state index contributed by atoms with van der Waals surface area (Å²) in [5, 5.41) is 0.688. The normalized spacial score (nSPS) is 10.9. The summed E-state index contributed by atoms with van der Waals surface area (Å²) in [6, 6.07) is 15.5. The van der Waals surface area contributed by atoms with Gasteiger partial charge in [0.05, 0.1) is 0 Å². The molecule has 0 bridgehead atoms. The monoisotopic (exact) mass is 377 g/mol. The van der Waals surface area contributed by atoms with Gasteiger partial charge < -0.3 is 14.1 Å². The van der Waals surface area contributed by atoms with Crippen LogP contribution in [-0.4, -0.2) is 37.3 Å². The zero-order valence-corrected chi connectivity index (χ0v) is 15.5. The largest absolute Gasteiger partial charge is 0.484 e. The van der Waals surface area contributed by atoms with Crippen molar-refractivity contribution in [2.75, 3.05) is 20.7 Å². The molecule has 0 unspecified atom stereocenters. The lowest BCUT2D eigenvalue weighted by molar-refractivity contribution is -0.130. The first kappa shape index (κ1) is 19.1. The van der Waals surface area contributed by atoms with Gasteiger partial charge >= 0.3 is 5.63 Å². The Balaban J connectivity index is 1.70. The molecular formula is C22H19NO5. The second-order valence-corrected chi connectivity index (χ2v) is 6.33. The summed E-state index contributed by atoms with van der Waals surface area (Å²) in [5.74, 6) is -0.0194. The molecule has 3 aromatic rings. The second-order valence-electron chi connectivity index (χ2n) is 6.33. The Morgan fingerprint density at radius 1 is 1.07 bits per heavy atom. The highest BCUT2D eigenvalue weighted by atomic mass is 16.5. The van der Waals surface area contributed by atoms with Crippen molar-refractivity contribution in [3.63, 3.8) is 0 Å². The van der Waals surface area contributed by atoms with Crippen LogP contribution < -0.4 is 10.4 Å². The summed E-state index contributed by atoms with van der Waals surface area (Å²) in [7, 11) is 3.32. The van der Waals surface area contributed by atoms with E-state index in [1.54, 1.807) is 62.6 Å². The molecule has 1 heterocycles. The number of likely N-dealkylation sites (N-methyl/N-ethyl adjacent to an activating group) is 1. The first-order valence-electron chi connectivity index (χ1n) is 8.62. The summed E-state index contributed by atoms with van der Waals surface area (Å²) in [6.45, 7) is -0.0432. The number of ketones is 1. The smallest absolute Gasteiger partial charge is 0.347 e. The predicted octanol–water partition coefficient (Wildman–Crippen LogP) is 3.16. The third kappa shape index (κ3) is 4.54. The van der Waals surface area contributed by atoms with Gasteiger partial charge in [0.25, 0.3) is 5.91 Å². The molecule has 0 spiro atoms. The Hall–Kier alpha value is -3.67. The lowest BCUT2D eigenvalue weighted by Crippen LogP contribution is -2.27. The minimum Gasteiger partial charge on any atom is -0.484 e. The molecule has 0 atom stereocenters. The number of carbonyl (C=O) groups is 2. The molecule has 1 aromatic heterocycles. The lowest BCUT2D eigenvalue weighted by atomic mass is 10.1. The molecule has 0 saturated heterocycles. The molecule has 1 amide bonds. The molecule has 0 N–H and O–H groups in total. The van der Waals surface area contributed by atoms with Crippen LogP contribution >= 0.6 is 0 Å². The standard InChI is InChI=1S/C22H19NO5/c1-23(2)21(25)14-27-17-10-7-15(8-11-17)9-12-19(24)18-13-16-5-3-4-6-20(16)28-22(18)26/h3-13H,14H2,1-2H3/b12-9+. The maximum atomic E-state index is 12.4. The van der Waals surface area contributed by atoms with Crippen LogP contribution in [0.4, 0.5) is 0 Å². The van der Waals surface area contributed by atoms with Gasteiger partial charge in [-0.2, -0.15) is 0 Å². The maximum absolute atomic E-state index is 12.4. The molecule has 0 aliphatic heterocycles. The van der Waals surface area contributed by atoms with Crippen molar-refractivity contribution in [2.24, 2.45) is 0 Å². The number of hydrogen-bond acceptors (Lipinski definition) is 5. The third-order valence-corrected chi connectivity index (χ3v) is 4.08. The molecule has 3 rings (SSSR count). The number of allylic oxidation sites excluding steroid dienone is 1. The highest BCUT2D eigenvalue weighted by Gasteiger charge is 2.11. The molecule has 2 aromatic carbocycles. The Kier molecular flexibility index (Phi) is 5.69. The third-order valence-electron chi connectivity index (χ3n) is 4.08. The van der Waals surface area contributed by atoms with Gasteiger partial charge in [0.15, 0.2) is 12.4 Å². The van der Waals surface area contributed by atoms with Crippen molar-refractivity contribution < 1.29 is 18.7 Å². The van der Waals surface area contributed by atoms with E-state index in [1.165, 1.54) is 17.0 Å². The molecule has 142 valence electrons. The Bertz CT molecular complexity index is 1090. The number of ether oxygens (including phenoxy) is 1. The van der Waals surface area contributed by atoms with Gasteiger partial charge in [-0.25, -0.2) is 4.79 Å². The number of rotatable bonds is 6. The van der Waals surface area contributed by atoms with Gasteiger partial charge in [0.1, 0.15) is 16.9 Å². The van der Waals surface area contributed by atoms with Crippen LogP contribution in [0, 0.1) is 0 Å². The zero-order valence-electron chi connectivity index (χ0n) is 15.5. The average molecular weight is 377 g/mol. The summed E-state index contributed by atoms with van der Waals surface area (Å²) >= 11 is 0. The van der Waals surface area contributed by atoms with E-state index in [4.69, 9.17) is 9.15 Å². The second kappa shape index (κ2) is 8.35. The fourth-order valence-corrected chi connectivity index (χ4v) is 2.44. The number of carbonyl (C=O) groups excluding carboxylic acids is 2. The van der Waals surface area contributed by atoms with Crippen LogP contribution in [0.25, 0.3) is 17.0 Å². The van der Waals surface area contributed by atoms with Crippen molar-refractivity contribution >= 4 is 28.7 Å². The van der Waals surface area contributed by atoms with Crippen LogP contribution in [0.2, 0.25) is 0 Å². The Labute approximate surface area is 161 Å². The number of amides is 1. The van der Waals surface area contributed by atoms with E-state index < -0.39 is 11.4 Å². The van der Waals surface area contributed by atoms with Crippen molar-refractivity contribution in [2.45, 2.75) is 0 Å². The average Bonchev–Trinajstić information content (AvgIpc) is 2.70. The minimum absolute atomic E-state index is 0.0166. The predicted molar refractivity (Wildman–Crippen MR) is 106 cm³/mol. The van der Waals surface area contributed by atoms with Crippen LogP contribution in [-0.2, 0) is 4.79 Å². The highest BCUT2D eigenvalue weighted by Crippen LogP contribution is 2.15. The van der Waals surface area contributed by atoms with E-state index in [9.17, 15) is 14.4 Å². The van der Waals surface area contributed by atoms with E-state index in [0.717, 1.165) is 5.56 Å². The summed E-state index contributed by atoms with van der Waals surface area (Å²) < 4.78 is 10.6. The SMILES string of the molecule is CN(C)C(=O)COc1ccc(/C=C/C(=O)c2cc3ccccc3oc2=O)cc1. The van der Waals surface area contributed by atoms with Gasteiger partial charge in [-0.3, -0.25) is 9.59 Å². The molecular weight excluding hydrogens is 358 g/mol. The van der Waals surface area contributed by atoms with Crippen molar-refractivity contribution in [3.05, 3.63) is 82.2 Å². The van der Waals surface area contributed by atoms with Gasteiger partial charge in [-0.15, -0.1) is 0 Å². The van der Waals surface area contributed by atoms with Crippen molar-refractivity contribution in [1.29, 1.82) is 0 Å². The number of benzene rings is 2. The lowest BCUT2D eigenvalue weighted by Gasteiger charge is -2.11. The van der Waals surface area contributed by atoms with E-state index in [1.807, 2.05) is 6.07 Å². The fourth-order valence-electron chi connectivity index (χ4n) is 2.44. The molecule has 0 saturated carbocycles. The summed E-state index contributed by atoms with van der Waals surface area (Å²) in [5.41, 5.74) is 0.515. The first-order valence-corrected chi connectivity index (χ1v) is 8.62. The topological polar surface area (TPSA) is 76.8 Å². The van der Waals surface area contributed by atoms with Gasteiger partial charge in [-0.1, -0.05) is 36.4 Å². The molecule has 0 aliphatic rings. The van der Waals surface area contributed by atoms with Gasteiger partial charge in [-0.05, 0) is 35.9 Å². The molecule has 6 heteroatoms. The van der Waals surface area contributed by atoms with Crippen LogP contribution in [0.3, 0.4) is 0 Å². The van der Waals surface area contributed by atoms with Crippen molar-refractivity contribution in [3.8, 4) is 5.75 Å². The van der Waals surface area contributed by atoms with Gasteiger partial charge in [0.2, 0.25) is 0 Å². The zero-order chi connectivity index (χ0) is 20.1. The Morgan fingerprint density at radius 2 is 1.79 bits per heavy atom. The van der Waals surface area contributed by atoms with Crippen LogP contribution in [0.15, 0.2) is 69.9 Å². The van der Waals surface area contributed by atoms with E-state index >= 15 is 0 Å². The summed E-state index contributed by atoms with van der Waals surface area (Å²) in [4.78, 5) is 37.4. The van der Waals surface area contributed by atoms with Crippen LogP contribution in [0.5, 0.6) is 5.75 Å². The summed E-state index contributed by atoms with van der Waals surface area (Å²) in [6.07, 6.45) is 2.93. The van der Waals surface area contributed by atoms with Gasteiger partial charge in [0, 0.05) is 19.5 Å². The highest BCUT2D eigenvalue weighted by molar-refractivity contribution is 6.07. The maximum Gasteiger partial charge on any atom is 0.347 e. The molecule has 0 fully saturated rings. The molecule has 28 heavy (non-hydrogen) atoms. The quantitative estimate of drug-likeness (QED) is 0.375.